The number of halogens is 1. The lowest BCUT2D eigenvalue weighted by atomic mass is 9.89. The Balaban J connectivity index is 2.00. The number of carbonyl (C=O) groups is 2. The molecule has 0 unspecified atom stereocenters. The molecule has 0 spiro atoms. The third-order valence-electron chi connectivity index (χ3n) is 3.42. The SMILES string of the molecule is COC1CC(NC(=O)c2ccc(/C=C/C(=O)O)cc2F)C1. The van der Waals surface area contributed by atoms with Gasteiger partial charge >= 0.3 is 5.97 Å². The molecule has 0 atom stereocenters. The van der Waals surface area contributed by atoms with Crippen molar-refractivity contribution in [3.8, 4) is 0 Å². The summed E-state index contributed by atoms with van der Waals surface area (Å²) in [5.41, 5.74) is 0.331. The van der Waals surface area contributed by atoms with Crippen molar-refractivity contribution in [2.45, 2.75) is 25.0 Å². The highest BCUT2D eigenvalue weighted by molar-refractivity contribution is 5.95. The molecular weight excluding hydrogens is 277 g/mol. The van der Waals surface area contributed by atoms with Gasteiger partial charge in [0.25, 0.3) is 5.91 Å². The zero-order valence-corrected chi connectivity index (χ0v) is 11.5. The van der Waals surface area contributed by atoms with Crippen LogP contribution in [0.4, 0.5) is 4.39 Å². The first-order valence-corrected chi connectivity index (χ1v) is 6.54. The van der Waals surface area contributed by atoms with Gasteiger partial charge in [0, 0.05) is 19.2 Å². The van der Waals surface area contributed by atoms with Crippen LogP contribution in [-0.4, -0.2) is 36.2 Å². The Kier molecular flexibility index (Phi) is 4.70. The second-order valence-corrected chi connectivity index (χ2v) is 4.91. The first-order valence-electron chi connectivity index (χ1n) is 6.54. The summed E-state index contributed by atoms with van der Waals surface area (Å²) in [5.74, 6) is -2.27. The monoisotopic (exact) mass is 293 g/mol. The smallest absolute Gasteiger partial charge is 0.328 e. The standard InChI is InChI=1S/C15H16FNO4/c1-21-11-7-10(8-11)17-15(20)12-4-2-9(6-13(12)16)3-5-14(18)19/h2-6,10-11H,7-8H2,1H3,(H,17,20)(H,18,19)/b5-3+. The second-order valence-electron chi connectivity index (χ2n) is 4.91. The molecule has 112 valence electrons. The van der Waals surface area contributed by atoms with Gasteiger partial charge in [-0.05, 0) is 36.6 Å². The number of hydrogen-bond acceptors (Lipinski definition) is 3. The summed E-state index contributed by atoms with van der Waals surface area (Å²) in [6.07, 6.45) is 3.78. The van der Waals surface area contributed by atoms with Crippen LogP contribution in [-0.2, 0) is 9.53 Å². The van der Waals surface area contributed by atoms with E-state index >= 15 is 0 Å². The van der Waals surface area contributed by atoms with Crippen molar-refractivity contribution in [1.29, 1.82) is 0 Å². The van der Waals surface area contributed by atoms with Gasteiger partial charge in [0.1, 0.15) is 5.82 Å². The molecule has 2 N–H and O–H groups in total. The van der Waals surface area contributed by atoms with Crippen LogP contribution in [0.1, 0.15) is 28.8 Å². The highest BCUT2D eigenvalue weighted by Crippen LogP contribution is 2.23. The average Bonchev–Trinajstić information content (AvgIpc) is 2.39. The highest BCUT2D eigenvalue weighted by atomic mass is 19.1. The average molecular weight is 293 g/mol. The van der Waals surface area contributed by atoms with E-state index in [2.05, 4.69) is 5.32 Å². The van der Waals surface area contributed by atoms with E-state index in [0.29, 0.717) is 5.56 Å². The molecule has 1 fully saturated rings. The quantitative estimate of drug-likeness (QED) is 0.812. The summed E-state index contributed by atoms with van der Waals surface area (Å²) < 4.78 is 19.0. The van der Waals surface area contributed by atoms with Gasteiger partial charge in [0.15, 0.2) is 0 Å². The molecule has 1 aliphatic carbocycles. The van der Waals surface area contributed by atoms with Gasteiger partial charge in [-0.15, -0.1) is 0 Å². The maximum absolute atomic E-state index is 13.9. The molecule has 0 radical (unpaired) electrons. The largest absolute Gasteiger partial charge is 0.478 e. The predicted octanol–water partition coefficient (Wildman–Crippen LogP) is 1.83. The van der Waals surface area contributed by atoms with E-state index < -0.39 is 17.7 Å². The topological polar surface area (TPSA) is 75.6 Å². The summed E-state index contributed by atoms with van der Waals surface area (Å²) in [6, 6.07) is 3.98. The lowest BCUT2D eigenvalue weighted by Gasteiger charge is -2.34. The van der Waals surface area contributed by atoms with Crippen LogP contribution in [0.2, 0.25) is 0 Å². The molecule has 1 amide bonds. The van der Waals surface area contributed by atoms with Crippen molar-refractivity contribution in [2.75, 3.05) is 7.11 Å². The molecule has 2 rings (SSSR count). The molecular formula is C15H16FNO4. The van der Waals surface area contributed by atoms with E-state index in [1.165, 1.54) is 18.2 Å². The van der Waals surface area contributed by atoms with Crippen LogP contribution in [0.5, 0.6) is 0 Å². The zero-order chi connectivity index (χ0) is 15.4. The Morgan fingerprint density at radius 3 is 2.71 bits per heavy atom. The number of aliphatic carboxylic acids is 1. The number of benzene rings is 1. The number of nitrogens with one attached hydrogen (secondary N) is 1. The molecule has 0 saturated heterocycles. The predicted molar refractivity (Wildman–Crippen MR) is 74.4 cm³/mol. The van der Waals surface area contributed by atoms with Crippen LogP contribution in [0, 0.1) is 5.82 Å². The van der Waals surface area contributed by atoms with Crippen LogP contribution < -0.4 is 5.32 Å². The van der Waals surface area contributed by atoms with E-state index in [4.69, 9.17) is 9.84 Å². The fourth-order valence-electron chi connectivity index (χ4n) is 2.13. The molecule has 1 saturated carbocycles. The molecule has 1 aromatic rings. The van der Waals surface area contributed by atoms with Gasteiger partial charge in [-0.25, -0.2) is 9.18 Å². The van der Waals surface area contributed by atoms with Crippen molar-refractivity contribution >= 4 is 18.0 Å². The fourth-order valence-corrected chi connectivity index (χ4v) is 2.13. The summed E-state index contributed by atoms with van der Waals surface area (Å²) >= 11 is 0. The van der Waals surface area contributed by atoms with Crippen LogP contribution >= 0.6 is 0 Å². The minimum absolute atomic E-state index is 0.00781. The highest BCUT2D eigenvalue weighted by Gasteiger charge is 2.30. The molecule has 5 nitrogen and oxygen atoms in total. The molecule has 1 aromatic carbocycles. The molecule has 1 aliphatic rings. The van der Waals surface area contributed by atoms with Gasteiger partial charge < -0.3 is 15.2 Å². The summed E-state index contributed by atoms with van der Waals surface area (Å²) in [4.78, 5) is 22.3. The van der Waals surface area contributed by atoms with Crippen LogP contribution in [0.15, 0.2) is 24.3 Å². The molecule has 0 aromatic heterocycles. The van der Waals surface area contributed by atoms with Crippen molar-refractivity contribution in [1.82, 2.24) is 5.32 Å². The number of amides is 1. The summed E-state index contributed by atoms with van der Waals surface area (Å²) in [6.45, 7) is 0. The number of carboxylic acid groups (broad SMARTS) is 1. The molecule has 21 heavy (non-hydrogen) atoms. The van der Waals surface area contributed by atoms with Gasteiger partial charge in [0.2, 0.25) is 0 Å². The Hall–Kier alpha value is -2.21. The summed E-state index contributed by atoms with van der Waals surface area (Å²) in [7, 11) is 1.62. The van der Waals surface area contributed by atoms with Crippen molar-refractivity contribution < 1.29 is 23.8 Å². The van der Waals surface area contributed by atoms with Crippen molar-refractivity contribution in [2.24, 2.45) is 0 Å². The van der Waals surface area contributed by atoms with Crippen LogP contribution in [0.3, 0.4) is 0 Å². The second kappa shape index (κ2) is 6.49. The molecule has 0 heterocycles. The number of ether oxygens (including phenoxy) is 1. The Morgan fingerprint density at radius 1 is 1.43 bits per heavy atom. The summed E-state index contributed by atoms with van der Waals surface area (Å²) in [5, 5.41) is 11.2. The first kappa shape index (κ1) is 15.2. The van der Waals surface area contributed by atoms with E-state index in [1.54, 1.807) is 7.11 Å². The molecule has 6 heteroatoms. The van der Waals surface area contributed by atoms with Crippen LogP contribution in [0.25, 0.3) is 6.08 Å². The van der Waals surface area contributed by atoms with E-state index in [1.807, 2.05) is 0 Å². The maximum Gasteiger partial charge on any atom is 0.328 e. The van der Waals surface area contributed by atoms with Gasteiger partial charge in [-0.1, -0.05) is 6.07 Å². The van der Waals surface area contributed by atoms with Crippen molar-refractivity contribution in [3.63, 3.8) is 0 Å². The van der Waals surface area contributed by atoms with Gasteiger partial charge in [0.05, 0.1) is 11.7 Å². The zero-order valence-electron chi connectivity index (χ0n) is 11.5. The third-order valence-corrected chi connectivity index (χ3v) is 3.42. The minimum atomic E-state index is -1.12. The number of methoxy groups -OCH3 is 1. The van der Waals surface area contributed by atoms with Crippen molar-refractivity contribution in [3.05, 3.63) is 41.2 Å². The number of carbonyl (C=O) groups excluding carboxylic acids is 1. The Labute approximate surface area is 121 Å². The minimum Gasteiger partial charge on any atom is -0.478 e. The fraction of sp³-hybridized carbons (Fsp3) is 0.333. The number of carboxylic acids is 1. The maximum atomic E-state index is 13.9. The third kappa shape index (κ3) is 3.88. The molecule has 0 aliphatic heterocycles. The Morgan fingerprint density at radius 2 is 2.14 bits per heavy atom. The lowest BCUT2D eigenvalue weighted by molar-refractivity contribution is -0.131. The van der Waals surface area contributed by atoms with E-state index in [-0.39, 0.29) is 17.7 Å². The van der Waals surface area contributed by atoms with Gasteiger partial charge in [-0.2, -0.15) is 0 Å². The van der Waals surface area contributed by atoms with E-state index in [9.17, 15) is 14.0 Å². The Bertz CT molecular complexity index is 579. The normalized spacial score (nSPS) is 21.0. The number of rotatable bonds is 5. The molecule has 0 bridgehead atoms. The lowest BCUT2D eigenvalue weighted by Crippen LogP contribution is -2.47. The van der Waals surface area contributed by atoms with Gasteiger partial charge in [-0.3, -0.25) is 4.79 Å². The first-order chi connectivity index (χ1) is 9.99. The van der Waals surface area contributed by atoms with E-state index in [0.717, 1.165) is 25.0 Å². The number of hydrogen-bond donors (Lipinski definition) is 2.